The molecule has 0 aromatic rings. The van der Waals surface area contributed by atoms with Crippen LogP contribution in [0.15, 0.2) is 11.6 Å². The summed E-state index contributed by atoms with van der Waals surface area (Å²) in [5.74, 6) is -4.70. The van der Waals surface area contributed by atoms with E-state index in [1.807, 2.05) is 6.92 Å². The number of carbonyl (C=O) groups excluding carboxylic acids is 2. The molecule has 5 saturated carbocycles. The molecule has 0 radical (unpaired) electrons. The number of aliphatic hydroxyl groups excluding tert-OH is 14. The minimum Gasteiger partial charge on any atom is -0.479 e. The third-order valence-electron chi connectivity index (χ3n) is 28.8. The molecule has 0 spiro atoms. The van der Waals surface area contributed by atoms with Gasteiger partial charge in [0.2, 0.25) is 6.29 Å². The van der Waals surface area contributed by atoms with E-state index in [4.69, 9.17) is 71.1 Å². The molecular weight excluding hydrogens is 1490 g/mol. The summed E-state index contributed by atoms with van der Waals surface area (Å²) in [7, 11) is 2.62. The Kier molecular flexibility index (Phi) is 29.8. The molecule has 10 fully saturated rings. The van der Waals surface area contributed by atoms with Crippen LogP contribution in [0.2, 0.25) is 0 Å². The summed E-state index contributed by atoms with van der Waals surface area (Å²) in [6.45, 7) is 16.1. The fraction of sp³-hybridized carbons (Fsp3) is 0.938. The fourth-order valence-corrected chi connectivity index (χ4v) is 22.0. The number of carboxylic acids is 1. The number of fused-ring (bicyclic) bond motifs is 7. The van der Waals surface area contributed by atoms with Gasteiger partial charge >= 0.3 is 18.1 Å². The predicted molar refractivity (Wildman–Crippen MR) is 391 cm³/mol. The van der Waals surface area contributed by atoms with Crippen molar-refractivity contribution in [1.82, 2.24) is 0 Å². The van der Waals surface area contributed by atoms with E-state index in [2.05, 4.69) is 47.6 Å². The van der Waals surface area contributed by atoms with Crippen LogP contribution in [0.25, 0.3) is 0 Å². The van der Waals surface area contributed by atoms with Crippen molar-refractivity contribution in [2.75, 3.05) is 47.3 Å². The first kappa shape index (κ1) is 90.7. The van der Waals surface area contributed by atoms with Crippen molar-refractivity contribution >= 4 is 18.1 Å². The molecule has 6 aliphatic carbocycles. The number of hydrogen-bond acceptors (Lipinski definition) is 32. The molecule has 38 atom stereocenters. The lowest BCUT2D eigenvalue weighted by molar-refractivity contribution is -0.375. The number of methoxy groups -OCH3 is 2. The van der Waals surface area contributed by atoms with Gasteiger partial charge in [-0.3, -0.25) is 4.79 Å². The van der Waals surface area contributed by atoms with Crippen LogP contribution in [0.3, 0.4) is 0 Å². The average molecular weight is 1620 g/mol. The Bertz CT molecular complexity index is 3150. The minimum absolute atomic E-state index is 0.0424. The second kappa shape index (κ2) is 37.1. The monoisotopic (exact) mass is 1620 g/mol. The van der Waals surface area contributed by atoms with E-state index in [0.29, 0.717) is 44.9 Å². The van der Waals surface area contributed by atoms with Crippen LogP contribution < -0.4 is 0 Å². The van der Waals surface area contributed by atoms with E-state index in [1.165, 1.54) is 53.2 Å². The largest absolute Gasteiger partial charge is 0.508 e. The van der Waals surface area contributed by atoms with Crippen molar-refractivity contribution in [1.29, 1.82) is 0 Å². The zero-order valence-corrected chi connectivity index (χ0v) is 67.4. The third kappa shape index (κ3) is 17.6. The molecule has 113 heavy (non-hydrogen) atoms. The maximum atomic E-state index is 16.2. The highest BCUT2D eigenvalue weighted by Crippen LogP contribution is 2.76. The second-order valence-corrected chi connectivity index (χ2v) is 36.2. The van der Waals surface area contributed by atoms with Crippen molar-refractivity contribution in [3.05, 3.63) is 11.6 Å². The Morgan fingerprint density at radius 3 is 1.79 bits per heavy atom. The van der Waals surface area contributed by atoms with E-state index >= 15 is 4.79 Å². The fourth-order valence-electron chi connectivity index (χ4n) is 22.0. The zero-order valence-electron chi connectivity index (χ0n) is 67.4. The number of unbranched alkanes of at least 4 members (excludes halogenated alkanes) is 9. The average Bonchev–Trinajstić information content (AvgIpc) is 0.670. The Morgan fingerprint density at radius 1 is 0.531 bits per heavy atom. The highest BCUT2D eigenvalue weighted by molar-refractivity contribution is 5.80. The number of ether oxygens (including phenoxy) is 15. The molecule has 0 aromatic heterocycles. The van der Waals surface area contributed by atoms with Gasteiger partial charge in [0.25, 0.3) is 0 Å². The molecule has 33 nitrogen and oxygen atoms in total. The van der Waals surface area contributed by atoms with Gasteiger partial charge in [-0.15, -0.1) is 0 Å². The molecule has 0 aromatic carbocycles. The second-order valence-electron chi connectivity index (χ2n) is 36.2. The molecular formula is C80H132O33. The predicted octanol–water partition coefficient (Wildman–Crippen LogP) is 2.04. The van der Waals surface area contributed by atoms with Gasteiger partial charge in [-0.2, -0.15) is 0 Å². The van der Waals surface area contributed by atoms with Crippen LogP contribution in [0.4, 0.5) is 4.79 Å². The first-order valence-corrected chi connectivity index (χ1v) is 41.3. The SMILES string of the molecule is CCCCCCCCCCCCOC(=O)O[C@H]1C(C)O[C@@H](OC(=O)[C@]23CCC(C)(C)CC2C2=CCC4[C@@]5(C)CCC(O[C@@H]6OC(C(=O)O)[C@H](O)C(O[C@@H]7OC[C@H](O)C(O)C7O)C6O[C@@H]6CC(CO)[C@H](O)C(O)C6O)C(C)(CO)C5CC[C@@]4(C)[C@]2(C)CC3O)C(O[C@@H]2OC(C)[C@H](O[C@@H]3OC[C@H](O)C(OC)C3O)C(OC)C2O)C1O. The first-order chi connectivity index (χ1) is 53.4. The van der Waals surface area contributed by atoms with E-state index in [0.717, 1.165) is 31.3 Å². The van der Waals surface area contributed by atoms with E-state index < -0.39 is 255 Å². The molecule has 0 bridgehead atoms. The molecule has 650 valence electrons. The van der Waals surface area contributed by atoms with E-state index in [9.17, 15) is 86.2 Å². The summed E-state index contributed by atoms with van der Waals surface area (Å²) >= 11 is 0. The van der Waals surface area contributed by atoms with Gasteiger partial charge in [-0.25, -0.2) is 9.59 Å². The van der Waals surface area contributed by atoms with Gasteiger partial charge in [0.1, 0.15) is 97.0 Å². The third-order valence-corrected chi connectivity index (χ3v) is 28.8. The lowest BCUT2D eigenvalue weighted by Crippen LogP contribution is -2.69. The van der Waals surface area contributed by atoms with Gasteiger partial charge in [0.05, 0.1) is 63.1 Å². The van der Waals surface area contributed by atoms with Gasteiger partial charge in [-0.1, -0.05) is 118 Å². The Hall–Kier alpha value is -3.09. The number of hydrogen-bond donors (Lipinski definition) is 15. The van der Waals surface area contributed by atoms with Crippen molar-refractivity contribution in [3.8, 4) is 0 Å². The Labute approximate surface area is 661 Å². The van der Waals surface area contributed by atoms with Crippen LogP contribution in [0, 0.1) is 56.2 Å². The maximum Gasteiger partial charge on any atom is 0.508 e. The molecule has 15 N–H and O–H groups in total. The minimum atomic E-state index is -2.14. The number of allylic oxidation sites excluding steroid dienone is 2. The molecule has 5 aliphatic heterocycles. The van der Waals surface area contributed by atoms with Crippen LogP contribution in [0.5, 0.6) is 0 Å². The maximum absolute atomic E-state index is 16.2. The standard InChI is InChI=1S/C80H132O33/c1-12-13-14-15-16-17-18-19-20-21-30-101-74(98)112-59-38(2)105-71(65(55(59)91)111-70-58(94)62(100-11)60(39(3)104-70)108-69-57(93)61(99-10)44(84)36-103-69)113-73(97)80-29-28-75(4,5)32-42(80)41-22-23-47-76(6)26-25-49(77(7,37-82)46(76)24-27-78(47,8)79(41,9)33-48(80)85)107-72-66(106-45-31-40(34-81)50(86)53(89)52(45)88)63(56(92)64(110-72)67(95)96)109-68-54(90)51(87)43(83)35-102-68/h22,38-40,42-66,68-72,81-94H,12-21,23-37H2,1-11H3,(H,95,96)/t38?,39?,40?,42?,43-,44-,45+,46?,47?,48?,49?,50-,51?,52?,53?,54?,55?,56+,57?,58?,59-,60-,61?,62?,63?,64?,65?,66?,68-,69-,70-,71-,72+,76-,77?,78+,79+,80+/m0/s1. The van der Waals surface area contributed by atoms with Gasteiger partial charge in [0.15, 0.2) is 43.5 Å². The molecule has 11 aliphatic rings. The zero-order chi connectivity index (χ0) is 82.4. The number of esters is 1. The molecule has 33 heteroatoms. The normalized spacial score (nSPS) is 48.5. The highest BCUT2D eigenvalue weighted by atomic mass is 16.8. The van der Waals surface area contributed by atoms with E-state index in [-0.39, 0.29) is 56.1 Å². The molecule has 0 amide bonds. The van der Waals surface area contributed by atoms with E-state index in [1.54, 1.807) is 6.92 Å². The molecule has 5 saturated heterocycles. The number of carboxylic acid groups (broad SMARTS) is 1. The highest BCUT2D eigenvalue weighted by Gasteiger charge is 2.73. The van der Waals surface area contributed by atoms with Crippen LogP contribution in [-0.4, -0.2) is 320 Å². The van der Waals surface area contributed by atoms with Crippen LogP contribution >= 0.6 is 0 Å². The quantitative estimate of drug-likeness (QED) is 0.0220. The van der Waals surface area contributed by atoms with Gasteiger partial charge < -0.3 is 148 Å². The Balaban J connectivity index is 0.851. The summed E-state index contributed by atoms with van der Waals surface area (Å²) in [5, 5.41) is 170. The summed E-state index contributed by atoms with van der Waals surface area (Å²) in [6.07, 6.45) is -31.4. The molecule has 11 rings (SSSR count). The molecule has 5 heterocycles. The first-order valence-electron chi connectivity index (χ1n) is 41.3. The number of carbonyl (C=O) groups is 3. The lowest BCUT2D eigenvalue weighted by atomic mass is 9.33. The van der Waals surface area contributed by atoms with Gasteiger partial charge in [-0.05, 0) is 124 Å². The summed E-state index contributed by atoms with van der Waals surface area (Å²) in [6, 6.07) is 0. The number of rotatable bonds is 29. The molecule has 22 unspecified atom stereocenters. The Morgan fingerprint density at radius 2 is 1.14 bits per heavy atom. The van der Waals surface area contributed by atoms with Crippen LogP contribution in [-0.2, 0) is 80.6 Å². The lowest BCUT2D eigenvalue weighted by Gasteiger charge is -2.72. The summed E-state index contributed by atoms with van der Waals surface area (Å²) in [5.41, 5.74) is -4.22. The summed E-state index contributed by atoms with van der Waals surface area (Å²) < 4.78 is 91.8. The number of aliphatic carboxylic acids is 1. The van der Waals surface area contributed by atoms with Crippen LogP contribution in [0.1, 0.15) is 191 Å². The van der Waals surface area contributed by atoms with Crippen molar-refractivity contribution in [2.24, 2.45) is 56.2 Å². The van der Waals surface area contributed by atoms with Crippen molar-refractivity contribution in [2.45, 2.75) is 369 Å². The smallest absolute Gasteiger partial charge is 0.479 e. The summed E-state index contributed by atoms with van der Waals surface area (Å²) in [4.78, 5) is 42.9. The van der Waals surface area contributed by atoms with Crippen molar-refractivity contribution in [3.63, 3.8) is 0 Å². The number of aliphatic hydroxyl groups is 14. The van der Waals surface area contributed by atoms with Gasteiger partial charge in [0, 0.05) is 32.2 Å². The van der Waals surface area contributed by atoms with Crippen molar-refractivity contribution < 1.29 is 162 Å². The topological polar surface area (TPSA) is 493 Å².